The molecule has 0 spiro atoms. The van der Waals surface area contributed by atoms with E-state index in [4.69, 9.17) is 0 Å². The summed E-state index contributed by atoms with van der Waals surface area (Å²) in [7, 11) is 0. The SMILES string of the molecule is CC(C)(C)c1ccccc1.[Na+].[O-]c1ccccc1. The van der Waals surface area contributed by atoms with Gasteiger partial charge in [-0.05, 0) is 11.0 Å². The van der Waals surface area contributed by atoms with E-state index < -0.39 is 0 Å². The van der Waals surface area contributed by atoms with Crippen molar-refractivity contribution in [1.82, 2.24) is 0 Å². The summed E-state index contributed by atoms with van der Waals surface area (Å²) in [5, 5.41) is 10.3. The first kappa shape index (κ1) is 17.2. The van der Waals surface area contributed by atoms with Crippen LogP contribution in [-0.4, -0.2) is 0 Å². The molecule has 0 bridgehead atoms. The van der Waals surface area contributed by atoms with Gasteiger partial charge in [-0.15, -0.1) is 5.75 Å². The third-order valence-corrected chi connectivity index (χ3v) is 2.38. The topological polar surface area (TPSA) is 23.1 Å². The maximum Gasteiger partial charge on any atom is 1.00 e. The predicted octanol–water partition coefficient (Wildman–Crippen LogP) is 0.748. The first-order valence-electron chi connectivity index (χ1n) is 5.78. The molecule has 0 N–H and O–H groups in total. The Labute approximate surface area is 132 Å². The van der Waals surface area contributed by atoms with E-state index in [0.29, 0.717) is 5.41 Å². The summed E-state index contributed by atoms with van der Waals surface area (Å²) < 4.78 is 0. The van der Waals surface area contributed by atoms with Crippen LogP contribution in [-0.2, 0) is 5.41 Å². The fourth-order valence-corrected chi connectivity index (χ4v) is 1.36. The second-order valence-electron chi connectivity index (χ2n) is 4.93. The van der Waals surface area contributed by atoms with Crippen molar-refractivity contribution in [2.45, 2.75) is 26.2 Å². The number of benzene rings is 2. The van der Waals surface area contributed by atoms with Gasteiger partial charge >= 0.3 is 29.6 Å². The molecule has 0 aromatic heterocycles. The Morgan fingerprint density at radius 1 is 0.722 bits per heavy atom. The summed E-state index contributed by atoms with van der Waals surface area (Å²) in [6.45, 7) is 6.67. The molecule has 2 aromatic rings. The molecule has 0 aliphatic carbocycles. The van der Waals surface area contributed by atoms with Crippen molar-refractivity contribution in [1.29, 1.82) is 0 Å². The first-order valence-corrected chi connectivity index (χ1v) is 5.78. The van der Waals surface area contributed by atoms with Crippen molar-refractivity contribution < 1.29 is 34.7 Å². The van der Waals surface area contributed by atoms with E-state index in [9.17, 15) is 5.11 Å². The van der Waals surface area contributed by atoms with Gasteiger partial charge in [0, 0.05) is 0 Å². The normalized spacial score (nSPS) is 9.72. The first-order chi connectivity index (χ1) is 8.00. The van der Waals surface area contributed by atoms with Gasteiger partial charge in [0.1, 0.15) is 0 Å². The maximum atomic E-state index is 10.3. The minimum atomic E-state index is 0. The van der Waals surface area contributed by atoms with Crippen LogP contribution in [0.25, 0.3) is 0 Å². The monoisotopic (exact) mass is 250 g/mol. The minimum Gasteiger partial charge on any atom is -0.872 e. The van der Waals surface area contributed by atoms with E-state index >= 15 is 0 Å². The number of hydrogen-bond donors (Lipinski definition) is 0. The molecule has 0 fully saturated rings. The summed E-state index contributed by atoms with van der Waals surface area (Å²) in [5.41, 5.74) is 1.69. The second-order valence-corrected chi connectivity index (χ2v) is 4.93. The molecular weight excluding hydrogens is 231 g/mol. The molecule has 0 amide bonds. The van der Waals surface area contributed by atoms with Gasteiger partial charge in [0.25, 0.3) is 0 Å². The van der Waals surface area contributed by atoms with E-state index in [-0.39, 0.29) is 35.3 Å². The molecule has 0 heterocycles. The van der Waals surface area contributed by atoms with Crippen LogP contribution < -0.4 is 34.7 Å². The summed E-state index contributed by atoms with van der Waals surface area (Å²) in [4.78, 5) is 0. The van der Waals surface area contributed by atoms with Crippen molar-refractivity contribution in [2.75, 3.05) is 0 Å². The maximum absolute atomic E-state index is 10.3. The smallest absolute Gasteiger partial charge is 0.872 e. The summed E-state index contributed by atoms with van der Waals surface area (Å²) >= 11 is 0. The Balaban J connectivity index is 0.000000321. The van der Waals surface area contributed by atoms with Crippen LogP contribution in [0.1, 0.15) is 26.3 Å². The summed E-state index contributed by atoms with van der Waals surface area (Å²) in [6.07, 6.45) is 0. The Bertz CT molecular complexity index is 418. The van der Waals surface area contributed by atoms with E-state index in [2.05, 4.69) is 51.1 Å². The molecule has 2 heteroatoms. The zero-order valence-corrected chi connectivity index (χ0v) is 13.7. The molecule has 2 aromatic carbocycles. The zero-order chi connectivity index (χ0) is 12.7. The van der Waals surface area contributed by atoms with Crippen LogP contribution >= 0.6 is 0 Å². The van der Waals surface area contributed by atoms with Crippen LogP contribution in [0.4, 0.5) is 0 Å². The number of para-hydroxylation sites is 1. The Morgan fingerprint density at radius 2 is 1.11 bits per heavy atom. The minimum absolute atomic E-state index is 0. The van der Waals surface area contributed by atoms with E-state index in [0.717, 1.165) is 0 Å². The standard InChI is InChI=1S/C10H14.C6H6O.Na/c1-10(2,3)9-7-5-4-6-8-9;7-6-4-2-1-3-5-6;/h4-8H,1-3H3;1-5,7H;/q;;+1/p-1. The predicted molar refractivity (Wildman–Crippen MR) is 71.0 cm³/mol. The van der Waals surface area contributed by atoms with Gasteiger partial charge in [-0.1, -0.05) is 81.4 Å². The molecule has 18 heavy (non-hydrogen) atoms. The second kappa shape index (κ2) is 8.36. The van der Waals surface area contributed by atoms with Crippen molar-refractivity contribution in [3.8, 4) is 5.75 Å². The molecule has 2 rings (SSSR count). The summed E-state index contributed by atoms with van der Waals surface area (Å²) in [6, 6.07) is 18.9. The quantitative estimate of drug-likeness (QED) is 0.633. The van der Waals surface area contributed by atoms with E-state index in [1.807, 2.05) is 6.07 Å². The van der Waals surface area contributed by atoms with Gasteiger partial charge in [-0.2, -0.15) is 0 Å². The molecule has 0 radical (unpaired) electrons. The average Bonchev–Trinajstić information content (AvgIpc) is 2.31. The molecule has 0 saturated carbocycles. The van der Waals surface area contributed by atoms with Gasteiger partial charge in [0.15, 0.2) is 0 Å². The van der Waals surface area contributed by atoms with Crippen LogP contribution in [0.15, 0.2) is 60.7 Å². The van der Waals surface area contributed by atoms with Crippen molar-refractivity contribution in [3.63, 3.8) is 0 Å². The number of hydrogen-bond acceptors (Lipinski definition) is 1. The third kappa shape index (κ3) is 6.85. The van der Waals surface area contributed by atoms with Gasteiger partial charge < -0.3 is 5.11 Å². The van der Waals surface area contributed by atoms with Crippen molar-refractivity contribution >= 4 is 0 Å². The molecular formula is C16H19NaO. The fraction of sp³-hybridized carbons (Fsp3) is 0.250. The molecule has 1 nitrogen and oxygen atoms in total. The molecule has 0 saturated heterocycles. The van der Waals surface area contributed by atoms with E-state index in [1.54, 1.807) is 12.1 Å². The molecule has 90 valence electrons. The van der Waals surface area contributed by atoms with Crippen molar-refractivity contribution in [3.05, 3.63) is 66.2 Å². The third-order valence-electron chi connectivity index (χ3n) is 2.38. The molecule has 0 atom stereocenters. The van der Waals surface area contributed by atoms with Crippen LogP contribution in [0.5, 0.6) is 5.75 Å². The molecule has 0 aliphatic heterocycles. The van der Waals surface area contributed by atoms with Crippen LogP contribution in [0.3, 0.4) is 0 Å². The Morgan fingerprint density at radius 3 is 1.33 bits per heavy atom. The average molecular weight is 250 g/mol. The molecule has 0 aliphatic rings. The van der Waals surface area contributed by atoms with Crippen molar-refractivity contribution in [2.24, 2.45) is 0 Å². The largest absolute Gasteiger partial charge is 1.00 e. The van der Waals surface area contributed by atoms with Gasteiger partial charge in [0.2, 0.25) is 0 Å². The van der Waals surface area contributed by atoms with Gasteiger partial charge in [0.05, 0.1) is 0 Å². The van der Waals surface area contributed by atoms with E-state index in [1.165, 1.54) is 17.7 Å². The van der Waals surface area contributed by atoms with Gasteiger partial charge in [-0.25, -0.2) is 0 Å². The number of rotatable bonds is 0. The zero-order valence-electron chi connectivity index (χ0n) is 11.7. The Kier molecular flexibility index (Phi) is 8.01. The Hall–Kier alpha value is -0.760. The molecule has 0 unspecified atom stereocenters. The van der Waals surface area contributed by atoms with Gasteiger partial charge in [-0.3, -0.25) is 0 Å². The summed E-state index contributed by atoms with van der Waals surface area (Å²) in [5.74, 6) is 0.0718. The fourth-order valence-electron chi connectivity index (χ4n) is 1.36. The van der Waals surface area contributed by atoms with Crippen LogP contribution in [0.2, 0.25) is 0 Å². The van der Waals surface area contributed by atoms with Crippen LogP contribution in [0, 0.1) is 0 Å².